The zero-order valence-corrected chi connectivity index (χ0v) is 15.3. The minimum atomic E-state index is -4.64. The molecule has 0 saturated carbocycles. The predicted molar refractivity (Wildman–Crippen MR) is 46.6 cm³/mol. The molecule has 0 amide bonds. The second-order valence-corrected chi connectivity index (χ2v) is 2.15. The second kappa shape index (κ2) is 10.7. The third-order valence-electron chi connectivity index (χ3n) is 0.183. The van der Waals surface area contributed by atoms with Gasteiger partial charge in [0.1, 0.15) is 0 Å². The molecular formula is C2H9O8PSn2. The molecule has 78 valence electrons. The van der Waals surface area contributed by atoms with E-state index in [4.69, 9.17) is 39.0 Å². The zero-order chi connectivity index (χ0) is 9.65. The maximum absolute atomic E-state index is 9.10. The van der Waals surface area contributed by atoms with Crippen LogP contribution in [0.25, 0.3) is 0 Å². The molecule has 0 aliphatic carbocycles. The summed E-state index contributed by atoms with van der Waals surface area (Å²) in [5.41, 5.74) is 0. The quantitative estimate of drug-likeness (QED) is 0.150. The van der Waals surface area contributed by atoms with Crippen LogP contribution in [0.5, 0.6) is 0 Å². The van der Waals surface area contributed by atoms with Gasteiger partial charge in [-0.05, 0) is 0 Å². The minimum absolute atomic E-state index is 0. The van der Waals surface area contributed by atoms with Crippen molar-refractivity contribution < 1.29 is 39.0 Å². The van der Waals surface area contributed by atoms with Crippen LogP contribution in [0.2, 0.25) is 0 Å². The number of rotatable bonds is 0. The Balaban J connectivity index is -0.0000000546. The van der Waals surface area contributed by atoms with Gasteiger partial charge in [0.25, 0.3) is 0 Å². The van der Waals surface area contributed by atoms with Crippen LogP contribution in [0.4, 0.5) is 0 Å². The Morgan fingerprint density at radius 2 is 0.923 bits per heavy atom. The van der Waals surface area contributed by atoms with Gasteiger partial charge in [0.2, 0.25) is 0 Å². The monoisotopic (exact) mass is 432 g/mol. The molecule has 0 aromatic carbocycles. The number of phosphoric acid groups is 1. The molecule has 0 atom stereocenters. The fraction of sp³-hybridized carbons (Fsp3) is 0. The summed E-state index contributed by atoms with van der Waals surface area (Å²) in [5.74, 6) is -3.65. The van der Waals surface area contributed by atoms with Crippen molar-refractivity contribution in [2.24, 2.45) is 0 Å². The molecular weight excluding hydrogens is 420 g/mol. The average Bonchev–Trinajstić information content (AvgIpc) is 1.59. The molecule has 0 heterocycles. The van der Waals surface area contributed by atoms with Gasteiger partial charge in [0.15, 0.2) is 0 Å². The summed E-state index contributed by atoms with van der Waals surface area (Å²) in [7, 11) is -4.64. The molecule has 0 bridgehead atoms. The van der Waals surface area contributed by atoms with Gasteiger partial charge in [-0.3, -0.25) is 0 Å². The van der Waals surface area contributed by atoms with E-state index < -0.39 is 19.8 Å². The molecule has 0 aliphatic heterocycles. The van der Waals surface area contributed by atoms with Crippen LogP contribution >= 0.6 is 7.82 Å². The Morgan fingerprint density at radius 3 is 0.923 bits per heavy atom. The van der Waals surface area contributed by atoms with Crippen LogP contribution in [0, 0.1) is 0 Å². The Morgan fingerprint density at radius 1 is 0.846 bits per heavy atom. The Bertz CT molecular complexity index is 176. The van der Waals surface area contributed by atoms with Crippen molar-refractivity contribution in [3.8, 4) is 0 Å². The van der Waals surface area contributed by atoms with Crippen LogP contribution in [-0.2, 0) is 14.2 Å². The van der Waals surface area contributed by atoms with Gasteiger partial charge in [0.05, 0.1) is 0 Å². The third-order valence-corrected chi connectivity index (χ3v) is 0.183. The number of aliphatic carboxylic acids is 2. The van der Waals surface area contributed by atoms with Gasteiger partial charge in [-0.2, -0.15) is 0 Å². The predicted octanol–water partition coefficient (Wildman–Crippen LogP) is -3.61. The van der Waals surface area contributed by atoms with Crippen molar-refractivity contribution in [3.63, 3.8) is 0 Å². The SMILES string of the molecule is O=C(O)C(=O)O.O=P(O)(O)O.[SnH2].[SnH2]. The van der Waals surface area contributed by atoms with Gasteiger partial charge in [-0.15, -0.1) is 0 Å². The van der Waals surface area contributed by atoms with Crippen molar-refractivity contribution in [2.75, 3.05) is 0 Å². The zero-order valence-electron chi connectivity index (χ0n) is 6.32. The molecule has 0 fully saturated rings. The number of hydrogen-bond donors (Lipinski definition) is 5. The van der Waals surface area contributed by atoms with E-state index >= 15 is 0 Å². The van der Waals surface area contributed by atoms with Crippen LogP contribution in [0.15, 0.2) is 0 Å². The first-order valence-electron chi connectivity index (χ1n) is 1.89. The van der Waals surface area contributed by atoms with E-state index in [1.54, 1.807) is 0 Å². The second-order valence-electron chi connectivity index (χ2n) is 1.12. The summed E-state index contributed by atoms with van der Waals surface area (Å²) in [4.78, 5) is 39.8. The Hall–Kier alpha value is 0.647. The van der Waals surface area contributed by atoms with Crippen molar-refractivity contribution in [1.82, 2.24) is 0 Å². The van der Waals surface area contributed by atoms with Crippen molar-refractivity contribution >= 4 is 67.6 Å². The van der Waals surface area contributed by atoms with Crippen LogP contribution in [-0.4, -0.2) is 84.6 Å². The van der Waals surface area contributed by atoms with Gasteiger partial charge >= 0.3 is 67.6 Å². The molecule has 11 heteroatoms. The molecule has 0 aromatic heterocycles. The van der Waals surface area contributed by atoms with E-state index in [9.17, 15) is 0 Å². The van der Waals surface area contributed by atoms with Crippen LogP contribution < -0.4 is 0 Å². The van der Waals surface area contributed by atoms with Gasteiger partial charge in [0, 0.05) is 0 Å². The summed E-state index contributed by atoms with van der Waals surface area (Å²) in [6, 6.07) is 0. The molecule has 4 radical (unpaired) electrons. The van der Waals surface area contributed by atoms with E-state index in [1.807, 2.05) is 0 Å². The molecule has 5 N–H and O–H groups in total. The topological polar surface area (TPSA) is 152 Å². The number of carbonyl (C=O) groups is 2. The summed E-state index contributed by atoms with van der Waals surface area (Å²) in [6.45, 7) is 0. The standard InChI is InChI=1S/C2H2O4.H3O4P.2Sn.4H/c3-1(4)2(5)6;1-5(2,3)4;;;;;;/h(H,3,4)(H,5,6);(H3,1,2,3,4);;;;;;. The average molecular weight is 429 g/mol. The molecule has 8 nitrogen and oxygen atoms in total. The Labute approximate surface area is 106 Å². The summed E-state index contributed by atoms with van der Waals surface area (Å²) in [5, 5.41) is 14.8. The molecule has 0 unspecified atom stereocenters. The van der Waals surface area contributed by atoms with E-state index in [0.29, 0.717) is 0 Å². The van der Waals surface area contributed by atoms with Crippen molar-refractivity contribution in [1.29, 1.82) is 0 Å². The normalized spacial score (nSPS) is 7.92. The van der Waals surface area contributed by atoms with E-state index in [2.05, 4.69) is 0 Å². The molecule has 0 aromatic rings. The molecule has 0 saturated heterocycles. The number of carboxylic acid groups (broad SMARTS) is 2. The first-order valence-corrected chi connectivity index (χ1v) is 3.45. The van der Waals surface area contributed by atoms with Crippen molar-refractivity contribution in [2.45, 2.75) is 0 Å². The first-order chi connectivity index (χ1) is 4.64. The van der Waals surface area contributed by atoms with E-state index in [1.165, 1.54) is 0 Å². The summed E-state index contributed by atoms with van der Waals surface area (Å²) in [6.07, 6.45) is 0. The fourth-order valence-electron chi connectivity index (χ4n) is 0. The number of hydrogen-bond acceptors (Lipinski definition) is 3. The molecule has 0 rings (SSSR count). The van der Waals surface area contributed by atoms with Crippen molar-refractivity contribution in [3.05, 3.63) is 0 Å². The summed E-state index contributed by atoms with van der Waals surface area (Å²) < 4.78 is 8.88. The van der Waals surface area contributed by atoms with Gasteiger partial charge < -0.3 is 24.9 Å². The molecule has 0 aliphatic rings. The third kappa shape index (κ3) is 66.4. The van der Waals surface area contributed by atoms with E-state index in [0.717, 1.165) is 0 Å². The van der Waals surface area contributed by atoms with E-state index in [-0.39, 0.29) is 47.8 Å². The molecule has 13 heavy (non-hydrogen) atoms. The first kappa shape index (κ1) is 23.5. The fourth-order valence-corrected chi connectivity index (χ4v) is 0. The van der Waals surface area contributed by atoms with Gasteiger partial charge in [-0.25, -0.2) is 14.2 Å². The maximum atomic E-state index is 9.10. The van der Waals surface area contributed by atoms with Crippen LogP contribution in [0.1, 0.15) is 0 Å². The Kier molecular flexibility index (Phi) is 19.4. The molecule has 0 spiro atoms. The van der Waals surface area contributed by atoms with Gasteiger partial charge in [-0.1, -0.05) is 0 Å². The summed E-state index contributed by atoms with van der Waals surface area (Å²) >= 11 is 0. The number of carboxylic acids is 2. The van der Waals surface area contributed by atoms with Crippen LogP contribution in [0.3, 0.4) is 0 Å².